The van der Waals surface area contributed by atoms with Crippen LogP contribution >= 0.6 is 0 Å². The number of carbonyl (C=O) groups excluding carboxylic acids is 1. The van der Waals surface area contributed by atoms with E-state index in [0.29, 0.717) is 24.5 Å². The standard InChI is InChI=1S/C25H27F2N7O/c1-15-12-33(23(35)18-9-25(18,26)27)16(2)11-32(15)21-20-22(31-14-30-21)34(13-24(20)5-3-6-24)19-8-17(10-28)4-7-29-19/h4,7-8,14-16,18H,3,5-6,9,11-13H2,1-2H3/t15-,16+,18?/m0/s1. The van der Waals surface area contributed by atoms with Crippen molar-refractivity contribution in [1.82, 2.24) is 19.9 Å². The average Bonchev–Trinajstić information content (AvgIpc) is 3.31. The molecular weight excluding hydrogens is 452 g/mol. The molecule has 0 bridgehead atoms. The van der Waals surface area contributed by atoms with Crippen molar-refractivity contribution in [3.05, 3.63) is 35.8 Å². The zero-order valence-corrected chi connectivity index (χ0v) is 19.8. The normalized spacial score (nSPS) is 27.9. The molecule has 2 aromatic heterocycles. The molecule has 0 N–H and O–H groups in total. The van der Waals surface area contributed by atoms with E-state index >= 15 is 0 Å². The van der Waals surface area contributed by atoms with Crippen molar-refractivity contribution in [2.75, 3.05) is 29.4 Å². The minimum Gasteiger partial charge on any atom is -0.350 e. The molecule has 0 radical (unpaired) electrons. The second-order valence-corrected chi connectivity index (χ2v) is 10.5. The van der Waals surface area contributed by atoms with Gasteiger partial charge in [-0.2, -0.15) is 5.26 Å². The monoisotopic (exact) mass is 479 g/mol. The second kappa shape index (κ2) is 7.57. The van der Waals surface area contributed by atoms with Crippen LogP contribution in [0.4, 0.5) is 26.2 Å². The maximum atomic E-state index is 13.6. The van der Waals surface area contributed by atoms with E-state index in [9.17, 15) is 18.8 Å². The van der Waals surface area contributed by atoms with Crippen LogP contribution in [0.25, 0.3) is 0 Å². The van der Waals surface area contributed by atoms with Crippen LogP contribution in [0.2, 0.25) is 0 Å². The molecule has 2 aromatic rings. The summed E-state index contributed by atoms with van der Waals surface area (Å²) in [6.45, 7) is 5.57. The molecule has 3 fully saturated rings. The van der Waals surface area contributed by atoms with Crippen LogP contribution in [0.15, 0.2) is 24.7 Å². The first-order chi connectivity index (χ1) is 16.7. The lowest BCUT2D eigenvalue weighted by Crippen LogP contribution is -2.59. The Kier molecular flexibility index (Phi) is 4.79. The smallest absolute Gasteiger partial charge is 0.260 e. The third-order valence-electron chi connectivity index (χ3n) is 8.18. The molecule has 4 heterocycles. The van der Waals surface area contributed by atoms with Gasteiger partial charge in [-0.05, 0) is 38.8 Å². The van der Waals surface area contributed by atoms with Crippen molar-refractivity contribution in [2.24, 2.45) is 5.92 Å². The van der Waals surface area contributed by atoms with E-state index in [0.717, 1.165) is 43.0 Å². The number of nitriles is 1. The maximum Gasteiger partial charge on any atom is 0.260 e. The van der Waals surface area contributed by atoms with Crippen molar-refractivity contribution in [1.29, 1.82) is 5.26 Å². The van der Waals surface area contributed by atoms with E-state index in [2.05, 4.69) is 25.8 Å². The van der Waals surface area contributed by atoms with Gasteiger partial charge in [0.15, 0.2) is 0 Å². The number of aromatic nitrogens is 3. The summed E-state index contributed by atoms with van der Waals surface area (Å²) in [5.74, 6) is -2.10. The third kappa shape index (κ3) is 3.35. The average molecular weight is 480 g/mol. The molecule has 182 valence electrons. The quantitative estimate of drug-likeness (QED) is 0.667. The zero-order chi connectivity index (χ0) is 24.5. The Morgan fingerprint density at radius 2 is 1.89 bits per heavy atom. The van der Waals surface area contributed by atoms with Gasteiger partial charge in [0.25, 0.3) is 5.92 Å². The summed E-state index contributed by atoms with van der Waals surface area (Å²) in [6, 6.07) is 5.37. The molecule has 2 saturated carbocycles. The number of carbonyl (C=O) groups is 1. The SMILES string of the molecule is C[C@@H]1CN(c2ncnc3c2C2(CCC2)CN3c2cc(C#N)ccn2)[C@@H](C)CN1C(=O)C1CC1(F)F. The highest BCUT2D eigenvalue weighted by atomic mass is 19.3. The van der Waals surface area contributed by atoms with Crippen LogP contribution in [0.3, 0.4) is 0 Å². The van der Waals surface area contributed by atoms with Gasteiger partial charge in [0.2, 0.25) is 5.91 Å². The summed E-state index contributed by atoms with van der Waals surface area (Å²) in [6.07, 6.45) is 6.03. The Morgan fingerprint density at radius 3 is 2.54 bits per heavy atom. The van der Waals surface area contributed by atoms with E-state index in [1.54, 1.807) is 29.6 Å². The van der Waals surface area contributed by atoms with Gasteiger partial charge in [-0.3, -0.25) is 4.79 Å². The van der Waals surface area contributed by atoms with Gasteiger partial charge >= 0.3 is 0 Å². The highest BCUT2D eigenvalue weighted by Gasteiger charge is 2.63. The predicted molar refractivity (Wildman–Crippen MR) is 125 cm³/mol. The van der Waals surface area contributed by atoms with Gasteiger partial charge in [0.1, 0.15) is 29.7 Å². The fraction of sp³-hybridized carbons (Fsp3) is 0.560. The Morgan fingerprint density at radius 1 is 1.14 bits per heavy atom. The molecule has 1 unspecified atom stereocenters. The fourth-order valence-electron chi connectivity index (χ4n) is 5.97. The first kappa shape index (κ1) is 22.1. The number of pyridine rings is 1. The molecule has 35 heavy (non-hydrogen) atoms. The van der Waals surface area contributed by atoms with E-state index in [4.69, 9.17) is 4.98 Å². The number of amides is 1. The van der Waals surface area contributed by atoms with Crippen molar-refractivity contribution in [3.63, 3.8) is 0 Å². The summed E-state index contributed by atoms with van der Waals surface area (Å²) >= 11 is 0. The summed E-state index contributed by atoms with van der Waals surface area (Å²) < 4.78 is 27.1. The summed E-state index contributed by atoms with van der Waals surface area (Å²) in [7, 11) is 0. The third-order valence-corrected chi connectivity index (χ3v) is 8.18. The molecule has 3 atom stereocenters. The van der Waals surface area contributed by atoms with Crippen LogP contribution in [0.1, 0.15) is 50.7 Å². The van der Waals surface area contributed by atoms with Crippen LogP contribution in [0.5, 0.6) is 0 Å². The van der Waals surface area contributed by atoms with Crippen molar-refractivity contribution in [3.8, 4) is 6.07 Å². The van der Waals surface area contributed by atoms with Crippen LogP contribution in [0, 0.1) is 17.2 Å². The first-order valence-electron chi connectivity index (χ1n) is 12.2. The van der Waals surface area contributed by atoms with E-state index in [1.165, 1.54) is 0 Å². The highest BCUT2D eigenvalue weighted by Crippen LogP contribution is 2.56. The lowest BCUT2D eigenvalue weighted by Gasteiger charge is -2.47. The molecule has 2 aliphatic carbocycles. The van der Waals surface area contributed by atoms with Gasteiger partial charge < -0.3 is 14.7 Å². The van der Waals surface area contributed by atoms with Crippen LogP contribution in [-0.2, 0) is 10.2 Å². The number of nitrogens with zero attached hydrogens (tertiary/aromatic N) is 7. The Hall–Kier alpha value is -3.35. The molecule has 0 aromatic carbocycles. The van der Waals surface area contributed by atoms with Crippen LogP contribution in [-0.4, -0.2) is 63.4 Å². The van der Waals surface area contributed by atoms with Crippen molar-refractivity contribution in [2.45, 2.75) is 63.0 Å². The van der Waals surface area contributed by atoms with Gasteiger partial charge in [0, 0.05) is 55.3 Å². The van der Waals surface area contributed by atoms with E-state index < -0.39 is 17.7 Å². The summed E-state index contributed by atoms with van der Waals surface area (Å²) in [5, 5.41) is 9.36. The van der Waals surface area contributed by atoms with Crippen LogP contribution < -0.4 is 9.80 Å². The molecule has 1 amide bonds. The number of rotatable bonds is 3. The van der Waals surface area contributed by atoms with Gasteiger partial charge in [-0.25, -0.2) is 23.7 Å². The van der Waals surface area contributed by atoms with Crippen molar-refractivity contribution >= 4 is 23.4 Å². The Balaban J connectivity index is 1.34. The predicted octanol–water partition coefficient (Wildman–Crippen LogP) is 3.40. The van der Waals surface area contributed by atoms with Crippen molar-refractivity contribution < 1.29 is 13.6 Å². The minimum atomic E-state index is -2.86. The second-order valence-electron chi connectivity index (χ2n) is 10.5. The number of fused-ring (bicyclic) bond motifs is 2. The topological polar surface area (TPSA) is 89.2 Å². The number of hydrogen-bond donors (Lipinski definition) is 0. The van der Waals surface area contributed by atoms with E-state index in [1.807, 2.05) is 13.8 Å². The molecule has 4 aliphatic rings. The molecule has 8 nitrogen and oxygen atoms in total. The maximum absolute atomic E-state index is 13.6. The molecule has 2 aliphatic heterocycles. The highest BCUT2D eigenvalue weighted by molar-refractivity contribution is 5.84. The molecular formula is C25H27F2N7O. The molecule has 1 spiro atoms. The number of piperazine rings is 1. The zero-order valence-electron chi connectivity index (χ0n) is 19.8. The van der Waals surface area contributed by atoms with Gasteiger partial charge in [-0.15, -0.1) is 0 Å². The number of halogens is 2. The Bertz CT molecular complexity index is 1240. The number of alkyl halides is 2. The number of hydrogen-bond acceptors (Lipinski definition) is 7. The molecule has 1 saturated heterocycles. The minimum absolute atomic E-state index is 0.0762. The lowest BCUT2D eigenvalue weighted by atomic mass is 9.66. The van der Waals surface area contributed by atoms with E-state index in [-0.39, 0.29) is 23.9 Å². The van der Waals surface area contributed by atoms with Gasteiger partial charge in [0.05, 0.1) is 11.6 Å². The molecule has 10 heteroatoms. The number of anilines is 3. The fourth-order valence-corrected chi connectivity index (χ4v) is 5.97. The summed E-state index contributed by atoms with van der Waals surface area (Å²) in [4.78, 5) is 32.6. The lowest BCUT2D eigenvalue weighted by molar-refractivity contribution is -0.137. The summed E-state index contributed by atoms with van der Waals surface area (Å²) in [5.41, 5.74) is 1.57. The van der Waals surface area contributed by atoms with Gasteiger partial charge in [-0.1, -0.05) is 6.42 Å². The first-order valence-corrected chi connectivity index (χ1v) is 12.2. The molecule has 6 rings (SSSR count). The largest absolute Gasteiger partial charge is 0.350 e. The Labute approximate surface area is 202 Å².